The monoisotopic (exact) mass is 222 g/mol. The highest BCUT2D eigenvalue weighted by Gasteiger charge is 2.22. The molecule has 0 aromatic heterocycles. The van der Waals surface area contributed by atoms with Crippen LogP contribution in [0.1, 0.15) is 43.4 Å². The molecule has 1 aliphatic carbocycles. The van der Waals surface area contributed by atoms with E-state index in [2.05, 4.69) is 58.0 Å². The van der Waals surface area contributed by atoms with E-state index in [4.69, 9.17) is 0 Å². The Hall–Kier alpha value is -1.56. The molecule has 0 N–H and O–H groups in total. The Labute approximate surface area is 103 Å². The van der Waals surface area contributed by atoms with E-state index in [1.165, 1.54) is 38.6 Å². The number of aryl methyl sites for hydroxylation is 1. The zero-order chi connectivity index (χ0) is 12.2. The lowest BCUT2D eigenvalue weighted by Gasteiger charge is -2.27. The van der Waals surface area contributed by atoms with Gasteiger partial charge in [0.25, 0.3) is 0 Å². The molecule has 0 fully saturated rings. The molecule has 1 unspecified atom stereocenters. The Morgan fingerprint density at radius 2 is 1.71 bits per heavy atom. The second-order valence-corrected chi connectivity index (χ2v) is 5.23. The predicted octanol–water partition coefficient (Wildman–Crippen LogP) is 5.06. The van der Waals surface area contributed by atoms with E-state index in [0.29, 0.717) is 5.92 Å². The van der Waals surface area contributed by atoms with Crippen LogP contribution in [0.25, 0.3) is 16.3 Å². The zero-order valence-corrected chi connectivity index (χ0v) is 11.0. The first kappa shape index (κ1) is 10.6. The Bertz CT molecular complexity index is 644. The summed E-state index contributed by atoms with van der Waals surface area (Å²) in [6.07, 6.45) is 0. The Kier molecular flexibility index (Phi) is 2.16. The fourth-order valence-electron chi connectivity index (χ4n) is 3.11. The lowest BCUT2D eigenvalue weighted by Crippen LogP contribution is -2.07. The van der Waals surface area contributed by atoms with Gasteiger partial charge in [0, 0.05) is 5.92 Å². The molecule has 0 saturated heterocycles. The highest BCUT2D eigenvalue weighted by atomic mass is 14.3. The third-order valence-electron chi connectivity index (χ3n) is 4.37. The summed E-state index contributed by atoms with van der Waals surface area (Å²) in [4.78, 5) is 0. The maximum Gasteiger partial charge on any atom is 0.00293 e. The van der Waals surface area contributed by atoms with Gasteiger partial charge in [-0.05, 0) is 53.8 Å². The van der Waals surface area contributed by atoms with Crippen molar-refractivity contribution in [2.75, 3.05) is 0 Å². The summed E-state index contributed by atoms with van der Waals surface area (Å²) < 4.78 is 0. The van der Waals surface area contributed by atoms with Gasteiger partial charge in [-0.2, -0.15) is 0 Å². The van der Waals surface area contributed by atoms with Crippen LogP contribution in [0.4, 0.5) is 0 Å². The van der Waals surface area contributed by atoms with Crippen molar-refractivity contribution in [2.45, 2.75) is 33.6 Å². The van der Waals surface area contributed by atoms with Crippen LogP contribution >= 0.6 is 0 Å². The summed E-state index contributed by atoms with van der Waals surface area (Å²) >= 11 is 0. The first-order valence-corrected chi connectivity index (χ1v) is 6.31. The van der Waals surface area contributed by atoms with E-state index in [-0.39, 0.29) is 0 Å². The van der Waals surface area contributed by atoms with Crippen LogP contribution in [-0.4, -0.2) is 0 Å². The zero-order valence-electron chi connectivity index (χ0n) is 11.0. The molecule has 0 aliphatic heterocycles. The van der Waals surface area contributed by atoms with Crippen LogP contribution < -0.4 is 0 Å². The highest BCUT2D eigenvalue weighted by Crippen LogP contribution is 2.43. The van der Waals surface area contributed by atoms with Crippen molar-refractivity contribution in [3.8, 4) is 0 Å². The van der Waals surface area contributed by atoms with Crippen molar-refractivity contribution >= 4 is 16.3 Å². The van der Waals surface area contributed by atoms with E-state index in [9.17, 15) is 0 Å². The van der Waals surface area contributed by atoms with Gasteiger partial charge in [-0.3, -0.25) is 0 Å². The van der Waals surface area contributed by atoms with Crippen molar-refractivity contribution in [3.63, 3.8) is 0 Å². The van der Waals surface area contributed by atoms with E-state index < -0.39 is 0 Å². The lowest BCUT2D eigenvalue weighted by atomic mass is 9.77. The number of hydrogen-bond acceptors (Lipinski definition) is 0. The van der Waals surface area contributed by atoms with Gasteiger partial charge in [0.15, 0.2) is 0 Å². The fraction of sp³-hybridized carbons (Fsp3) is 0.294. The molecule has 1 atom stereocenters. The molecule has 0 amide bonds. The molecule has 3 rings (SSSR count). The van der Waals surface area contributed by atoms with Crippen molar-refractivity contribution < 1.29 is 0 Å². The van der Waals surface area contributed by atoms with Gasteiger partial charge in [-0.25, -0.2) is 0 Å². The molecule has 0 radical (unpaired) electrons. The lowest BCUT2D eigenvalue weighted by molar-refractivity contribution is 0.896. The largest absolute Gasteiger partial charge is 0.0625 e. The maximum absolute atomic E-state index is 2.32. The molecular formula is C17H18. The summed E-state index contributed by atoms with van der Waals surface area (Å²) in [6, 6.07) is 11.2. The summed E-state index contributed by atoms with van der Waals surface area (Å²) in [5.41, 5.74) is 7.34. The van der Waals surface area contributed by atoms with Gasteiger partial charge in [-0.1, -0.05) is 42.8 Å². The minimum atomic E-state index is 0.549. The third-order valence-corrected chi connectivity index (χ3v) is 4.37. The van der Waals surface area contributed by atoms with Gasteiger partial charge in [0.2, 0.25) is 0 Å². The van der Waals surface area contributed by atoms with Crippen LogP contribution in [0.2, 0.25) is 0 Å². The van der Waals surface area contributed by atoms with Crippen molar-refractivity contribution in [3.05, 3.63) is 52.6 Å². The quantitative estimate of drug-likeness (QED) is 0.584. The van der Waals surface area contributed by atoms with Crippen molar-refractivity contribution in [2.24, 2.45) is 0 Å². The molecule has 0 heterocycles. The molecule has 0 heteroatoms. The first-order chi connectivity index (χ1) is 8.11. The molecule has 2 aromatic rings. The van der Waals surface area contributed by atoms with Crippen LogP contribution in [0.15, 0.2) is 35.9 Å². The fourth-order valence-corrected chi connectivity index (χ4v) is 3.11. The molecule has 0 nitrogen and oxygen atoms in total. The standard InChI is InChI=1S/C17H18/c1-10-8-9-14-6-5-7-15-12(3)11(2)13(4)16(10)17(14)15/h5-9,12H,1-4H3. The second-order valence-electron chi connectivity index (χ2n) is 5.23. The Balaban J connectivity index is 2.56. The minimum absolute atomic E-state index is 0.549. The van der Waals surface area contributed by atoms with Crippen LogP contribution in [-0.2, 0) is 0 Å². The molecule has 0 saturated carbocycles. The molecular weight excluding hydrogens is 204 g/mol. The third kappa shape index (κ3) is 1.30. The van der Waals surface area contributed by atoms with E-state index in [1.54, 1.807) is 0 Å². The molecule has 17 heavy (non-hydrogen) atoms. The molecule has 0 spiro atoms. The number of allylic oxidation sites excluding steroid dienone is 2. The van der Waals surface area contributed by atoms with Crippen molar-refractivity contribution in [1.82, 2.24) is 0 Å². The summed E-state index contributed by atoms with van der Waals surface area (Å²) in [6.45, 7) is 9.08. The molecule has 1 aliphatic rings. The first-order valence-electron chi connectivity index (χ1n) is 6.31. The van der Waals surface area contributed by atoms with Crippen molar-refractivity contribution in [1.29, 1.82) is 0 Å². The van der Waals surface area contributed by atoms with Gasteiger partial charge >= 0.3 is 0 Å². The number of hydrogen-bond donors (Lipinski definition) is 0. The number of benzene rings is 2. The summed E-state index contributed by atoms with van der Waals surface area (Å²) in [5, 5.41) is 2.85. The number of rotatable bonds is 0. The second kappa shape index (κ2) is 3.46. The molecule has 2 aromatic carbocycles. The Morgan fingerprint density at radius 3 is 2.47 bits per heavy atom. The highest BCUT2D eigenvalue weighted by molar-refractivity contribution is 6.00. The average molecular weight is 222 g/mol. The average Bonchev–Trinajstić information content (AvgIpc) is 2.34. The smallest absolute Gasteiger partial charge is 0.00293 e. The van der Waals surface area contributed by atoms with Gasteiger partial charge in [0.1, 0.15) is 0 Å². The predicted molar refractivity (Wildman–Crippen MR) is 75.4 cm³/mol. The van der Waals surface area contributed by atoms with E-state index in [0.717, 1.165) is 0 Å². The normalized spacial score (nSPS) is 18.9. The molecule has 86 valence electrons. The van der Waals surface area contributed by atoms with Crippen LogP contribution in [0.3, 0.4) is 0 Å². The molecule has 0 bridgehead atoms. The minimum Gasteiger partial charge on any atom is -0.0625 e. The van der Waals surface area contributed by atoms with Crippen LogP contribution in [0.5, 0.6) is 0 Å². The van der Waals surface area contributed by atoms with Gasteiger partial charge in [-0.15, -0.1) is 0 Å². The van der Waals surface area contributed by atoms with Gasteiger partial charge < -0.3 is 0 Å². The summed E-state index contributed by atoms with van der Waals surface area (Å²) in [5.74, 6) is 0.549. The Morgan fingerprint density at radius 1 is 0.941 bits per heavy atom. The van der Waals surface area contributed by atoms with E-state index in [1.807, 2.05) is 0 Å². The van der Waals surface area contributed by atoms with E-state index >= 15 is 0 Å². The summed E-state index contributed by atoms with van der Waals surface area (Å²) in [7, 11) is 0. The topological polar surface area (TPSA) is 0 Å². The maximum atomic E-state index is 2.32. The SMILES string of the molecule is CC1=C(C)C(C)c2cccc3ccc(C)c1c23. The van der Waals surface area contributed by atoms with Crippen LogP contribution in [0, 0.1) is 6.92 Å². The van der Waals surface area contributed by atoms with Gasteiger partial charge in [0.05, 0.1) is 0 Å².